The Balaban J connectivity index is 1.88. The van der Waals surface area contributed by atoms with Crippen LogP contribution in [0.2, 0.25) is 0 Å². The summed E-state index contributed by atoms with van der Waals surface area (Å²) in [7, 11) is 0. The van der Waals surface area contributed by atoms with Crippen LogP contribution >= 0.6 is 0 Å². The number of benzene rings is 2. The second-order valence-electron chi connectivity index (χ2n) is 7.40. The lowest BCUT2D eigenvalue weighted by Gasteiger charge is -2.42. The van der Waals surface area contributed by atoms with Gasteiger partial charge in [-0.15, -0.1) is 6.58 Å². The minimum Gasteiger partial charge on any atom is -0.352 e. The van der Waals surface area contributed by atoms with Crippen molar-refractivity contribution in [3.05, 3.63) is 83.4 Å². The highest BCUT2D eigenvalue weighted by Gasteiger charge is 2.48. The summed E-state index contributed by atoms with van der Waals surface area (Å²) in [6.07, 6.45) is 3.67. The lowest BCUT2D eigenvalue weighted by molar-refractivity contribution is -0.124. The molecule has 1 aliphatic carbocycles. The molecule has 0 spiro atoms. The third-order valence-corrected chi connectivity index (χ3v) is 5.40. The zero-order chi connectivity index (χ0) is 19.0. The van der Waals surface area contributed by atoms with Crippen molar-refractivity contribution in [1.82, 2.24) is 10.2 Å². The summed E-state index contributed by atoms with van der Waals surface area (Å²) < 4.78 is 0. The molecule has 0 unspecified atom stereocenters. The molecule has 1 saturated carbocycles. The molecule has 2 aromatic carbocycles. The number of hydrogen-bond donors (Lipinski definition) is 1. The number of hydrogen-bond acceptors (Lipinski definition) is 2. The van der Waals surface area contributed by atoms with E-state index in [0.717, 1.165) is 29.5 Å². The van der Waals surface area contributed by atoms with Gasteiger partial charge in [-0.1, -0.05) is 54.1 Å². The Hall–Kier alpha value is -2.88. The van der Waals surface area contributed by atoms with Crippen LogP contribution in [0, 0.1) is 6.92 Å². The first-order valence-corrected chi connectivity index (χ1v) is 9.48. The zero-order valence-electron chi connectivity index (χ0n) is 15.5. The molecule has 27 heavy (non-hydrogen) atoms. The molecule has 1 N–H and O–H groups in total. The average Bonchev–Trinajstić information content (AvgIpc) is 3.51. The lowest BCUT2D eigenvalue weighted by Crippen LogP contribution is -2.48. The normalized spacial score (nSPS) is 21.5. The molecule has 0 bridgehead atoms. The fraction of sp³-hybridized carbons (Fsp3) is 0.304. The van der Waals surface area contributed by atoms with Gasteiger partial charge >= 0.3 is 0 Å². The van der Waals surface area contributed by atoms with Crippen molar-refractivity contribution in [2.75, 3.05) is 6.54 Å². The molecule has 1 heterocycles. The Morgan fingerprint density at radius 3 is 2.70 bits per heavy atom. The van der Waals surface area contributed by atoms with Crippen molar-refractivity contribution in [1.29, 1.82) is 0 Å². The van der Waals surface area contributed by atoms with Crippen LogP contribution in [0.4, 0.5) is 0 Å². The topological polar surface area (TPSA) is 49.4 Å². The van der Waals surface area contributed by atoms with E-state index in [1.165, 1.54) is 0 Å². The van der Waals surface area contributed by atoms with Gasteiger partial charge in [0.15, 0.2) is 0 Å². The minimum absolute atomic E-state index is 0.0346. The molecule has 1 aliphatic heterocycles. The minimum atomic E-state index is -0.429. The van der Waals surface area contributed by atoms with E-state index in [1.807, 2.05) is 54.3 Å². The number of nitrogens with zero attached hydrogens (tertiary/aromatic N) is 1. The highest BCUT2D eigenvalue weighted by atomic mass is 16.2. The van der Waals surface area contributed by atoms with Crippen LogP contribution in [0.5, 0.6) is 0 Å². The maximum atomic E-state index is 13.3. The Kier molecular flexibility index (Phi) is 4.56. The molecule has 2 amide bonds. The Labute approximate surface area is 159 Å². The number of carbonyl (C=O) groups is 2. The second-order valence-corrected chi connectivity index (χ2v) is 7.40. The first kappa shape index (κ1) is 17.5. The number of amides is 2. The lowest BCUT2D eigenvalue weighted by atomic mass is 9.78. The van der Waals surface area contributed by atoms with Gasteiger partial charge < -0.3 is 10.2 Å². The van der Waals surface area contributed by atoms with Gasteiger partial charge in [-0.2, -0.15) is 0 Å². The van der Waals surface area contributed by atoms with E-state index in [0.29, 0.717) is 12.1 Å². The zero-order valence-corrected chi connectivity index (χ0v) is 15.5. The molecule has 2 atom stereocenters. The van der Waals surface area contributed by atoms with Crippen LogP contribution < -0.4 is 5.32 Å². The van der Waals surface area contributed by atoms with Crippen LogP contribution in [0.3, 0.4) is 0 Å². The van der Waals surface area contributed by atoms with Gasteiger partial charge in [0.1, 0.15) is 0 Å². The number of nitrogens with one attached hydrogen (secondary N) is 1. The van der Waals surface area contributed by atoms with Crippen LogP contribution in [0.25, 0.3) is 0 Å². The van der Waals surface area contributed by atoms with Gasteiger partial charge in [0, 0.05) is 18.2 Å². The van der Waals surface area contributed by atoms with E-state index in [-0.39, 0.29) is 23.9 Å². The molecule has 4 rings (SSSR count). The SMILES string of the molecule is C=CCNC(=O)[C@H]1c2ccccc2C(=O)N(C2CC2)[C@@H]1c1cccc(C)c1. The van der Waals surface area contributed by atoms with Crippen molar-refractivity contribution in [3.63, 3.8) is 0 Å². The van der Waals surface area contributed by atoms with E-state index in [2.05, 4.69) is 18.0 Å². The molecule has 2 aliphatic rings. The molecule has 0 saturated heterocycles. The fourth-order valence-electron chi connectivity index (χ4n) is 4.08. The van der Waals surface area contributed by atoms with E-state index in [4.69, 9.17) is 0 Å². The average molecular weight is 360 g/mol. The Morgan fingerprint density at radius 1 is 1.22 bits per heavy atom. The summed E-state index contributed by atoms with van der Waals surface area (Å²) >= 11 is 0. The molecular formula is C23H24N2O2. The quantitative estimate of drug-likeness (QED) is 0.826. The summed E-state index contributed by atoms with van der Waals surface area (Å²) in [6.45, 7) is 6.15. The van der Waals surface area contributed by atoms with Gasteiger partial charge in [0.25, 0.3) is 5.91 Å². The van der Waals surface area contributed by atoms with Crippen LogP contribution in [0.15, 0.2) is 61.2 Å². The summed E-state index contributed by atoms with van der Waals surface area (Å²) in [5, 5.41) is 2.96. The van der Waals surface area contributed by atoms with Crippen LogP contribution in [-0.4, -0.2) is 29.3 Å². The van der Waals surface area contributed by atoms with E-state index in [1.54, 1.807) is 6.08 Å². The first-order valence-electron chi connectivity index (χ1n) is 9.48. The number of fused-ring (bicyclic) bond motifs is 1. The fourth-order valence-corrected chi connectivity index (χ4v) is 4.08. The molecule has 4 heteroatoms. The number of rotatable bonds is 5. The molecule has 0 radical (unpaired) electrons. The third-order valence-electron chi connectivity index (χ3n) is 5.40. The van der Waals surface area contributed by atoms with Crippen molar-refractivity contribution < 1.29 is 9.59 Å². The van der Waals surface area contributed by atoms with Crippen LogP contribution in [-0.2, 0) is 4.79 Å². The predicted molar refractivity (Wildman–Crippen MR) is 106 cm³/mol. The van der Waals surface area contributed by atoms with E-state index < -0.39 is 5.92 Å². The largest absolute Gasteiger partial charge is 0.352 e. The number of carbonyl (C=O) groups excluding carboxylic acids is 2. The molecular weight excluding hydrogens is 336 g/mol. The van der Waals surface area contributed by atoms with Crippen molar-refractivity contribution >= 4 is 11.8 Å². The molecule has 0 aromatic heterocycles. The summed E-state index contributed by atoms with van der Waals surface area (Å²) in [5.74, 6) is -0.458. The summed E-state index contributed by atoms with van der Waals surface area (Å²) in [4.78, 5) is 28.5. The maximum absolute atomic E-state index is 13.3. The van der Waals surface area contributed by atoms with Gasteiger partial charge in [-0.3, -0.25) is 9.59 Å². The van der Waals surface area contributed by atoms with Gasteiger partial charge in [0.2, 0.25) is 5.91 Å². The van der Waals surface area contributed by atoms with Gasteiger partial charge in [0.05, 0.1) is 12.0 Å². The van der Waals surface area contributed by atoms with E-state index in [9.17, 15) is 9.59 Å². The second kappa shape index (κ2) is 7.03. The molecule has 1 fully saturated rings. The Bertz CT molecular complexity index is 901. The maximum Gasteiger partial charge on any atom is 0.254 e. The Morgan fingerprint density at radius 2 is 2.00 bits per heavy atom. The molecule has 4 nitrogen and oxygen atoms in total. The highest BCUT2D eigenvalue weighted by molar-refractivity contribution is 6.01. The highest BCUT2D eigenvalue weighted by Crippen LogP contribution is 2.47. The molecule has 2 aromatic rings. The van der Waals surface area contributed by atoms with Gasteiger partial charge in [-0.25, -0.2) is 0 Å². The van der Waals surface area contributed by atoms with Crippen molar-refractivity contribution in [2.45, 2.75) is 37.8 Å². The summed E-state index contributed by atoms with van der Waals surface area (Å²) in [6, 6.07) is 15.6. The van der Waals surface area contributed by atoms with Crippen LogP contribution in [0.1, 0.15) is 51.8 Å². The van der Waals surface area contributed by atoms with Gasteiger partial charge in [-0.05, 0) is 37.0 Å². The van der Waals surface area contributed by atoms with E-state index >= 15 is 0 Å². The number of aryl methyl sites for hydroxylation is 1. The summed E-state index contributed by atoms with van der Waals surface area (Å²) in [5.41, 5.74) is 3.60. The van der Waals surface area contributed by atoms with Crippen molar-refractivity contribution in [2.24, 2.45) is 0 Å². The smallest absolute Gasteiger partial charge is 0.254 e. The standard InChI is InChI=1S/C23H24N2O2/c1-3-13-24-22(26)20-18-9-4-5-10-19(18)23(27)25(17-11-12-17)21(20)16-8-6-7-15(2)14-16/h3-10,14,17,20-21H,1,11-13H2,2H3,(H,24,26)/t20-,21+/m0/s1. The molecule has 138 valence electrons. The monoisotopic (exact) mass is 360 g/mol. The van der Waals surface area contributed by atoms with Crippen molar-refractivity contribution in [3.8, 4) is 0 Å². The first-order chi connectivity index (χ1) is 13.1. The third kappa shape index (κ3) is 3.16. The predicted octanol–water partition coefficient (Wildman–Crippen LogP) is 3.74.